The Hall–Kier alpha value is -2.32. The molecule has 1 saturated heterocycles. The van der Waals surface area contributed by atoms with Crippen LogP contribution in [0.25, 0.3) is 5.52 Å². The largest absolute Gasteiger partial charge is 0.335 e. The lowest BCUT2D eigenvalue weighted by Crippen LogP contribution is -2.54. The minimum absolute atomic E-state index is 0.0272. The molecule has 1 saturated carbocycles. The molecule has 2 aromatic heterocycles. The minimum Gasteiger partial charge on any atom is -0.335 e. The minimum atomic E-state index is -0.165. The number of amides is 1. The number of nitrogens with zero attached hydrogens (tertiary/aromatic N) is 4. The van der Waals surface area contributed by atoms with Crippen molar-refractivity contribution in [1.82, 2.24) is 14.2 Å². The van der Waals surface area contributed by atoms with Crippen LogP contribution in [0.15, 0.2) is 36.7 Å². The Bertz CT molecular complexity index is 722. The summed E-state index contributed by atoms with van der Waals surface area (Å²) in [6, 6.07) is 10.6. The molecule has 0 spiro atoms. The number of carbonyl (C=O) groups excluding carboxylic acids is 1. The lowest BCUT2D eigenvalue weighted by atomic mass is 10.1. The summed E-state index contributed by atoms with van der Waals surface area (Å²) in [6.45, 7) is 2.03. The van der Waals surface area contributed by atoms with Gasteiger partial charge in [0, 0.05) is 43.6 Å². The zero-order valence-corrected chi connectivity index (χ0v) is 12.4. The van der Waals surface area contributed by atoms with Gasteiger partial charge in [-0.2, -0.15) is 5.26 Å². The number of fused-ring (bicyclic) bond motifs is 1. The summed E-state index contributed by atoms with van der Waals surface area (Å²) in [5.74, 6) is 0.0272. The summed E-state index contributed by atoms with van der Waals surface area (Å²) in [5, 5.41) is 9.39. The van der Waals surface area contributed by atoms with E-state index in [4.69, 9.17) is 0 Å². The van der Waals surface area contributed by atoms with Crippen LogP contribution < -0.4 is 0 Å². The van der Waals surface area contributed by atoms with Crippen molar-refractivity contribution in [1.29, 1.82) is 5.26 Å². The van der Waals surface area contributed by atoms with Crippen LogP contribution in [0.3, 0.4) is 0 Å². The molecule has 2 fully saturated rings. The highest BCUT2D eigenvalue weighted by Gasteiger charge is 2.38. The van der Waals surface area contributed by atoms with E-state index in [0.29, 0.717) is 24.7 Å². The second-order valence-corrected chi connectivity index (χ2v) is 6.13. The summed E-state index contributed by atoms with van der Waals surface area (Å²) in [5.41, 5.74) is 1.71. The molecule has 0 aromatic carbocycles. The maximum absolute atomic E-state index is 12.7. The molecule has 1 aliphatic carbocycles. The van der Waals surface area contributed by atoms with Crippen LogP contribution in [0.4, 0.5) is 0 Å². The highest BCUT2D eigenvalue weighted by atomic mass is 16.2. The Kier molecular flexibility index (Phi) is 3.12. The van der Waals surface area contributed by atoms with E-state index >= 15 is 0 Å². The first-order valence-electron chi connectivity index (χ1n) is 7.77. The average Bonchev–Trinajstić information content (AvgIpc) is 3.31. The Balaban J connectivity index is 1.54. The van der Waals surface area contributed by atoms with Crippen molar-refractivity contribution in [3.63, 3.8) is 0 Å². The average molecular weight is 294 g/mol. The van der Waals surface area contributed by atoms with Gasteiger partial charge in [0.15, 0.2) is 0 Å². The van der Waals surface area contributed by atoms with Crippen LogP contribution in [0.5, 0.6) is 0 Å². The van der Waals surface area contributed by atoms with E-state index in [1.54, 1.807) is 0 Å². The summed E-state index contributed by atoms with van der Waals surface area (Å²) in [7, 11) is 0. The van der Waals surface area contributed by atoms with Crippen molar-refractivity contribution in [2.75, 3.05) is 19.6 Å². The predicted molar refractivity (Wildman–Crippen MR) is 82.4 cm³/mol. The van der Waals surface area contributed by atoms with E-state index in [2.05, 4.69) is 11.0 Å². The maximum Gasteiger partial charge on any atom is 0.255 e. The first-order chi connectivity index (χ1) is 10.8. The molecule has 5 nitrogen and oxygen atoms in total. The molecule has 2 aliphatic rings. The molecule has 112 valence electrons. The second-order valence-electron chi connectivity index (χ2n) is 6.13. The van der Waals surface area contributed by atoms with Crippen molar-refractivity contribution < 1.29 is 4.79 Å². The van der Waals surface area contributed by atoms with Crippen molar-refractivity contribution in [3.8, 4) is 6.07 Å². The van der Waals surface area contributed by atoms with Crippen LogP contribution in [-0.2, 0) is 0 Å². The van der Waals surface area contributed by atoms with Crippen molar-refractivity contribution in [2.45, 2.75) is 24.9 Å². The first-order valence-corrected chi connectivity index (χ1v) is 7.77. The SMILES string of the molecule is N#CC1CN(C(=O)c2cc3ccccn3c2)CCN1C1CC1. The quantitative estimate of drug-likeness (QED) is 0.848. The maximum atomic E-state index is 12.7. The van der Waals surface area contributed by atoms with E-state index in [9.17, 15) is 10.1 Å². The molecule has 1 atom stereocenters. The Morgan fingerprint density at radius 3 is 2.86 bits per heavy atom. The van der Waals surface area contributed by atoms with Crippen LogP contribution >= 0.6 is 0 Å². The molecule has 1 unspecified atom stereocenters. The number of aromatic nitrogens is 1. The van der Waals surface area contributed by atoms with Crippen LogP contribution in [0.1, 0.15) is 23.2 Å². The number of piperazine rings is 1. The molecule has 2 aromatic rings. The van der Waals surface area contributed by atoms with Gasteiger partial charge in [0.05, 0.1) is 11.6 Å². The standard InChI is InChI=1S/C17H18N4O/c18-10-16-12-20(7-8-21(16)14-4-5-14)17(22)13-9-15-3-1-2-6-19(15)11-13/h1-3,6,9,11,14,16H,4-5,7-8,12H2. The lowest BCUT2D eigenvalue weighted by molar-refractivity contribution is 0.0550. The van der Waals surface area contributed by atoms with Gasteiger partial charge in [0.2, 0.25) is 0 Å². The Morgan fingerprint density at radius 2 is 2.14 bits per heavy atom. The van der Waals surface area contributed by atoms with E-state index in [-0.39, 0.29) is 11.9 Å². The van der Waals surface area contributed by atoms with Gasteiger partial charge in [-0.25, -0.2) is 0 Å². The Morgan fingerprint density at radius 1 is 1.27 bits per heavy atom. The lowest BCUT2D eigenvalue weighted by Gasteiger charge is -2.38. The van der Waals surface area contributed by atoms with E-state index < -0.39 is 0 Å². The zero-order valence-electron chi connectivity index (χ0n) is 12.4. The third kappa shape index (κ3) is 2.26. The van der Waals surface area contributed by atoms with Gasteiger partial charge < -0.3 is 9.30 Å². The zero-order chi connectivity index (χ0) is 15.1. The number of hydrogen-bond acceptors (Lipinski definition) is 3. The van der Waals surface area contributed by atoms with Crippen LogP contribution in [0, 0.1) is 11.3 Å². The second kappa shape index (κ2) is 5.15. The summed E-state index contributed by atoms with van der Waals surface area (Å²) >= 11 is 0. The van der Waals surface area contributed by atoms with Crippen molar-refractivity contribution in [3.05, 3.63) is 42.2 Å². The van der Waals surface area contributed by atoms with Gasteiger partial charge in [-0.05, 0) is 31.0 Å². The molecule has 1 amide bonds. The van der Waals surface area contributed by atoms with Gasteiger partial charge >= 0.3 is 0 Å². The van der Waals surface area contributed by atoms with Crippen molar-refractivity contribution >= 4 is 11.4 Å². The number of pyridine rings is 1. The van der Waals surface area contributed by atoms with Crippen molar-refractivity contribution in [2.24, 2.45) is 0 Å². The van der Waals surface area contributed by atoms with Gasteiger partial charge in [-0.1, -0.05) is 6.07 Å². The molecular weight excluding hydrogens is 276 g/mol. The van der Waals surface area contributed by atoms with Gasteiger partial charge in [0.25, 0.3) is 5.91 Å². The fraction of sp³-hybridized carbons (Fsp3) is 0.412. The molecule has 0 N–H and O–H groups in total. The normalized spacial score (nSPS) is 22.7. The van der Waals surface area contributed by atoms with Crippen LogP contribution in [0.2, 0.25) is 0 Å². The fourth-order valence-electron chi connectivity index (χ4n) is 3.29. The number of nitriles is 1. The molecule has 5 heteroatoms. The molecule has 22 heavy (non-hydrogen) atoms. The molecule has 0 bridgehead atoms. The summed E-state index contributed by atoms with van der Waals surface area (Å²) in [6.07, 6.45) is 6.19. The summed E-state index contributed by atoms with van der Waals surface area (Å²) < 4.78 is 1.95. The van der Waals surface area contributed by atoms with Gasteiger partial charge in [-0.15, -0.1) is 0 Å². The van der Waals surface area contributed by atoms with Crippen LogP contribution in [-0.4, -0.2) is 51.8 Å². The smallest absolute Gasteiger partial charge is 0.255 e. The third-order valence-electron chi connectivity index (χ3n) is 4.63. The third-order valence-corrected chi connectivity index (χ3v) is 4.63. The molecule has 0 radical (unpaired) electrons. The molecule has 4 rings (SSSR count). The topological polar surface area (TPSA) is 51.8 Å². The Labute approximate surface area is 129 Å². The number of carbonyl (C=O) groups is 1. The summed E-state index contributed by atoms with van der Waals surface area (Å²) in [4.78, 5) is 16.8. The fourth-order valence-corrected chi connectivity index (χ4v) is 3.29. The first kappa shape index (κ1) is 13.4. The molecule has 3 heterocycles. The highest BCUT2D eigenvalue weighted by molar-refractivity contribution is 5.95. The van der Waals surface area contributed by atoms with E-state index in [1.165, 1.54) is 12.8 Å². The molecule has 1 aliphatic heterocycles. The van der Waals surface area contributed by atoms with E-state index in [1.807, 2.05) is 46.0 Å². The number of rotatable bonds is 2. The molecular formula is C17H18N4O. The predicted octanol–water partition coefficient (Wildman–Crippen LogP) is 1.75. The van der Waals surface area contributed by atoms with Gasteiger partial charge in [-0.3, -0.25) is 9.69 Å². The highest BCUT2D eigenvalue weighted by Crippen LogP contribution is 2.30. The monoisotopic (exact) mass is 294 g/mol. The van der Waals surface area contributed by atoms with E-state index in [0.717, 1.165) is 12.1 Å². The van der Waals surface area contributed by atoms with Gasteiger partial charge in [0.1, 0.15) is 6.04 Å². The number of hydrogen-bond donors (Lipinski definition) is 0.